The van der Waals surface area contributed by atoms with Crippen molar-refractivity contribution in [3.8, 4) is 11.4 Å². The molecule has 0 spiro atoms. The van der Waals surface area contributed by atoms with Gasteiger partial charge in [0.15, 0.2) is 5.69 Å². The van der Waals surface area contributed by atoms with Crippen LogP contribution in [0.3, 0.4) is 0 Å². The summed E-state index contributed by atoms with van der Waals surface area (Å²) in [5.74, 6) is 0.725. The number of rotatable bonds is 5. The summed E-state index contributed by atoms with van der Waals surface area (Å²) in [6, 6.07) is 17.4. The monoisotopic (exact) mass is 392 g/mol. The third-order valence-electron chi connectivity index (χ3n) is 4.91. The van der Waals surface area contributed by atoms with Crippen LogP contribution in [0, 0.1) is 10.1 Å². The number of likely N-dealkylation sites (tertiary alicyclic amines) is 1. The van der Waals surface area contributed by atoms with Crippen LogP contribution in [0.4, 0.5) is 5.69 Å². The van der Waals surface area contributed by atoms with Crippen LogP contribution in [0.5, 0.6) is 5.75 Å². The number of benzene rings is 2. The number of piperidine rings is 1. The van der Waals surface area contributed by atoms with Gasteiger partial charge in [-0.05, 0) is 30.3 Å². The van der Waals surface area contributed by atoms with Gasteiger partial charge >= 0.3 is 0 Å². The zero-order valence-corrected chi connectivity index (χ0v) is 15.7. The third kappa shape index (κ3) is 4.26. The van der Waals surface area contributed by atoms with Crippen molar-refractivity contribution in [2.45, 2.75) is 18.9 Å². The Hall–Kier alpha value is -3.68. The number of carbonyl (C=O) groups excluding carboxylic acids is 1. The zero-order chi connectivity index (χ0) is 20.2. The van der Waals surface area contributed by atoms with Gasteiger partial charge < -0.3 is 9.64 Å². The number of aromatic nitrogens is 2. The van der Waals surface area contributed by atoms with E-state index in [0.29, 0.717) is 24.5 Å². The van der Waals surface area contributed by atoms with Gasteiger partial charge in [-0.15, -0.1) is 0 Å². The fourth-order valence-electron chi connectivity index (χ4n) is 3.34. The summed E-state index contributed by atoms with van der Waals surface area (Å²) in [4.78, 5) is 24.9. The summed E-state index contributed by atoms with van der Waals surface area (Å²) in [5.41, 5.74) is 1.02. The molecule has 29 heavy (non-hydrogen) atoms. The first-order valence-electron chi connectivity index (χ1n) is 9.41. The molecule has 0 aliphatic carbocycles. The summed E-state index contributed by atoms with van der Waals surface area (Å²) in [6.45, 7) is 1.22. The minimum Gasteiger partial charge on any atom is -0.490 e. The number of ether oxygens (including phenoxy) is 1. The molecular formula is C21H20N4O4. The third-order valence-corrected chi connectivity index (χ3v) is 4.91. The van der Waals surface area contributed by atoms with E-state index in [9.17, 15) is 14.9 Å². The summed E-state index contributed by atoms with van der Waals surface area (Å²) in [7, 11) is 0. The average Bonchev–Trinajstić information content (AvgIpc) is 3.25. The highest BCUT2D eigenvalue weighted by Crippen LogP contribution is 2.20. The molecule has 1 aliphatic rings. The molecule has 0 bridgehead atoms. The van der Waals surface area contributed by atoms with E-state index in [4.69, 9.17) is 4.74 Å². The molecule has 1 amide bonds. The SMILES string of the molecule is O=C(c1ccn(-c2ccc([N+](=O)[O-])cc2)n1)N1CCC(Oc2ccccc2)CC1. The molecular weight excluding hydrogens is 372 g/mol. The fraction of sp³-hybridized carbons (Fsp3) is 0.238. The van der Waals surface area contributed by atoms with Gasteiger partial charge in [-0.1, -0.05) is 18.2 Å². The van der Waals surface area contributed by atoms with E-state index in [2.05, 4.69) is 5.10 Å². The largest absolute Gasteiger partial charge is 0.490 e. The van der Waals surface area contributed by atoms with Crippen LogP contribution in [-0.2, 0) is 0 Å². The van der Waals surface area contributed by atoms with E-state index >= 15 is 0 Å². The molecule has 1 aliphatic heterocycles. The minimum atomic E-state index is -0.451. The highest BCUT2D eigenvalue weighted by molar-refractivity contribution is 5.92. The molecule has 0 saturated carbocycles. The first-order chi connectivity index (χ1) is 14.1. The summed E-state index contributed by atoms with van der Waals surface area (Å²) in [5, 5.41) is 15.1. The van der Waals surface area contributed by atoms with Gasteiger partial charge in [-0.3, -0.25) is 14.9 Å². The Balaban J connectivity index is 1.36. The highest BCUT2D eigenvalue weighted by atomic mass is 16.6. The average molecular weight is 392 g/mol. The number of nitro benzene ring substituents is 1. The van der Waals surface area contributed by atoms with E-state index in [1.54, 1.807) is 34.0 Å². The van der Waals surface area contributed by atoms with Gasteiger partial charge in [0.2, 0.25) is 0 Å². The molecule has 1 aromatic heterocycles. The van der Waals surface area contributed by atoms with Gasteiger partial charge in [0.1, 0.15) is 11.9 Å². The minimum absolute atomic E-state index is 0.0119. The number of amides is 1. The highest BCUT2D eigenvalue weighted by Gasteiger charge is 2.26. The number of non-ortho nitro benzene ring substituents is 1. The number of carbonyl (C=O) groups is 1. The lowest BCUT2D eigenvalue weighted by Gasteiger charge is -2.31. The topological polar surface area (TPSA) is 90.5 Å². The van der Waals surface area contributed by atoms with Gasteiger partial charge in [0.25, 0.3) is 11.6 Å². The Kier molecular flexibility index (Phi) is 5.24. The maximum Gasteiger partial charge on any atom is 0.274 e. The fourth-order valence-corrected chi connectivity index (χ4v) is 3.34. The Morgan fingerprint density at radius 2 is 1.72 bits per heavy atom. The number of nitrogens with zero attached hydrogens (tertiary/aromatic N) is 4. The molecule has 4 rings (SSSR count). The van der Waals surface area contributed by atoms with Crippen LogP contribution in [0.25, 0.3) is 5.69 Å². The molecule has 1 fully saturated rings. The van der Waals surface area contributed by atoms with Crippen molar-refractivity contribution in [2.24, 2.45) is 0 Å². The van der Waals surface area contributed by atoms with Crippen LogP contribution in [-0.4, -0.2) is 44.7 Å². The standard InChI is InChI=1S/C21H20N4O4/c26-21(23-13-10-19(11-14-23)29-18-4-2-1-3-5-18)20-12-15-24(22-20)16-6-8-17(9-7-16)25(27)28/h1-9,12,15,19H,10-11,13-14H2. The van der Waals surface area contributed by atoms with E-state index in [-0.39, 0.29) is 17.7 Å². The molecule has 148 valence electrons. The summed E-state index contributed by atoms with van der Waals surface area (Å²) >= 11 is 0. The molecule has 8 heteroatoms. The molecule has 8 nitrogen and oxygen atoms in total. The van der Waals surface area contributed by atoms with E-state index in [1.807, 2.05) is 30.3 Å². The lowest BCUT2D eigenvalue weighted by Crippen LogP contribution is -2.42. The number of hydrogen-bond donors (Lipinski definition) is 0. The molecule has 1 saturated heterocycles. The second-order valence-corrected chi connectivity index (χ2v) is 6.84. The van der Waals surface area contributed by atoms with Gasteiger partial charge in [-0.25, -0.2) is 4.68 Å². The maximum atomic E-state index is 12.8. The van der Waals surface area contributed by atoms with Gasteiger partial charge in [0.05, 0.1) is 10.6 Å². The van der Waals surface area contributed by atoms with Crippen LogP contribution < -0.4 is 4.74 Å². The predicted octanol–water partition coefficient (Wildman–Crippen LogP) is 3.46. The molecule has 0 radical (unpaired) electrons. The van der Waals surface area contributed by atoms with Crippen LogP contribution >= 0.6 is 0 Å². The van der Waals surface area contributed by atoms with Crippen LogP contribution in [0.15, 0.2) is 66.9 Å². The zero-order valence-electron chi connectivity index (χ0n) is 15.7. The van der Waals surface area contributed by atoms with E-state index in [0.717, 1.165) is 18.6 Å². The lowest BCUT2D eigenvalue weighted by molar-refractivity contribution is -0.384. The van der Waals surface area contributed by atoms with Crippen LogP contribution in [0.1, 0.15) is 23.3 Å². The number of para-hydroxylation sites is 1. The van der Waals surface area contributed by atoms with Gasteiger partial charge in [0, 0.05) is 44.3 Å². The van der Waals surface area contributed by atoms with Crippen molar-refractivity contribution in [1.82, 2.24) is 14.7 Å². The molecule has 0 atom stereocenters. The second-order valence-electron chi connectivity index (χ2n) is 6.84. The van der Waals surface area contributed by atoms with Crippen molar-refractivity contribution >= 4 is 11.6 Å². The Labute approximate surface area is 167 Å². The van der Waals surface area contributed by atoms with Crippen molar-refractivity contribution in [3.63, 3.8) is 0 Å². The number of hydrogen-bond acceptors (Lipinski definition) is 5. The van der Waals surface area contributed by atoms with Crippen molar-refractivity contribution in [3.05, 3.63) is 82.7 Å². The van der Waals surface area contributed by atoms with Crippen molar-refractivity contribution in [2.75, 3.05) is 13.1 Å². The van der Waals surface area contributed by atoms with E-state index < -0.39 is 4.92 Å². The summed E-state index contributed by atoms with van der Waals surface area (Å²) < 4.78 is 7.52. The first-order valence-corrected chi connectivity index (χ1v) is 9.41. The van der Waals surface area contributed by atoms with Crippen molar-refractivity contribution in [1.29, 1.82) is 0 Å². The van der Waals surface area contributed by atoms with E-state index in [1.165, 1.54) is 12.1 Å². The predicted molar refractivity (Wildman–Crippen MR) is 106 cm³/mol. The number of nitro groups is 1. The molecule has 0 unspecified atom stereocenters. The lowest BCUT2D eigenvalue weighted by atomic mass is 10.1. The summed E-state index contributed by atoms with van der Waals surface area (Å²) in [6.07, 6.45) is 3.31. The quantitative estimate of drug-likeness (QED) is 0.490. The Bertz CT molecular complexity index is 993. The Morgan fingerprint density at radius 1 is 1.03 bits per heavy atom. The smallest absolute Gasteiger partial charge is 0.274 e. The maximum absolute atomic E-state index is 12.8. The normalized spacial score (nSPS) is 14.6. The first kappa shape index (κ1) is 18.7. The van der Waals surface area contributed by atoms with Crippen molar-refractivity contribution < 1.29 is 14.5 Å². The second kappa shape index (κ2) is 8.14. The molecule has 2 aromatic carbocycles. The molecule has 3 aromatic rings. The Morgan fingerprint density at radius 3 is 2.38 bits per heavy atom. The molecule has 2 heterocycles. The molecule has 0 N–H and O–H groups in total. The van der Waals surface area contributed by atoms with Crippen LogP contribution in [0.2, 0.25) is 0 Å². The van der Waals surface area contributed by atoms with Gasteiger partial charge in [-0.2, -0.15) is 5.10 Å².